The van der Waals surface area contributed by atoms with Crippen LogP contribution in [0.3, 0.4) is 0 Å². The SMILES string of the molecule is CCCCCC/C=C\C=C/CCCCCCCC(=O)O[C@H](COC(=O)CCCCCCC)COP(=O)(O)OC[C@H](O)COP(=O)(O)OC[C@@H](COC(=O)CCCCCCCCCCCCCCCCCCCCC)OC(=O)CCCCCCCCCCCCCCCCCCCCCC. The highest BCUT2D eigenvalue weighted by atomic mass is 31.2. The van der Waals surface area contributed by atoms with Crippen LogP contribution in [0.1, 0.15) is 407 Å². The van der Waals surface area contributed by atoms with Crippen molar-refractivity contribution in [3.8, 4) is 0 Å². The highest BCUT2D eigenvalue weighted by molar-refractivity contribution is 7.47. The molecule has 0 aromatic rings. The first kappa shape index (κ1) is 96.5. The third kappa shape index (κ3) is 73.6. The Labute approximate surface area is 605 Å². The quantitative estimate of drug-likeness (QED) is 0.0169. The van der Waals surface area contributed by atoms with E-state index in [1.807, 2.05) is 0 Å². The molecule has 0 radical (unpaired) electrons. The average Bonchev–Trinajstić information content (AvgIpc) is 0.961. The van der Waals surface area contributed by atoms with Gasteiger partial charge in [-0.3, -0.25) is 37.3 Å². The molecule has 0 saturated heterocycles. The Hall–Kier alpha value is -2.46. The molecular formula is C80H152O17P2. The summed E-state index contributed by atoms with van der Waals surface area (Å²) < 4.78 is 68.4. The summed E-state index contributed by atoms with van der Waals surface area (Å²) in [5.74, 6) is -2.15. The second-order valence-corrected chi connectivity index (χ2v) is 31.0. The first-order valence-corrected chi connectivity index (χ1v) is 44.1. The molecular weight excluding hydrogens is 1290 g/mol. The Morgan fingerprint density at radius 3 is 0.737 bits per heavy atom. The molecule has 0 spiro atoms. The first-order valence-electron chi connectivity index (χ1n) is 41.1. The van der Waals surface area contributed by atoms with Crippen LogP contribution in [-0.4, -0.2) is 96.7 Å². The predicted octanol–water partition coefficient (Wildman–Crippen LogP) is 23.7. The molecule has 0 aliphatic heterocycles. The van der Waals surface area contributed by atoms with Gasteiger partial charge in [-0.2, -0.15) is 0 Å². The van der Waals surface area contributed by atoms with Crippen molar-refractivity contribution in [1.29, 1.82) is 0 Å². The Morgan fingerprint density at radius 2 is 0.485 bits per heavy atom. The Kier molecular flexibility index (Phi) is 72.0. The zero-order chi connectivity index (χ0) is 72.5. The molecule has 0 aliphatic rings. The van der Waals surface area contributed by atoms with Gasteiger partial charge >= 0.3 is 39.5 Å². The number of hydrogen-bond donors (Lipinski definition) is 3. The lowest BCUT2D eigenvalue weighted by Crippen LogP contribution is -2.30. The van der Waals surface area contributed by atoms with Gasteiger partial charge in [-0.05, 0) is 51.4 Å². The molecule has 0 rings (SSSR count). The monoisotopic (exact) mass is 1450 g/mol. The van der Waals surface area contributed by atoms with E-state index in [1.165, 1.54) is 218 Å². The second kappa shape index (κ2) is 73.8. The van der Waals surface area contributed by atoms with E-state index in [9.17, 15) is 43.2 Å². The predicted molar refractivity (Wildman–Crippen MR) is 405 cm³/mol. The molecule has 0 amide bonds. The van der Waals surface area contributed by atoms with E-state index in [2.05, 4.69) is 52.0 Å². The molecule has 19 heteroatoms. The summed E-state index contributed by atoms with van der Waals surface area (Å²) >= 11 is 0. The summed E-state index contributed by atoms with van der Waals surface area (Å²) in [5, 5.41) is 10.6. The smallest absolute Gasteiger partial charge is 0.462 e. The number of carbonyl (C=O) groups is 4. The minimum absolute atomic E-state index is 0.0847. The molecule has 0 aromatic carbocycles. The lowest BCUT2D eigenvalue weighted by molar-refractivity contribution is -0.161. The fourth-order valence-corrected chi connectivity index (χ4v) is 13.5. The van der Waals surface area contributed by atoms with Gasteiger partial charge in [0.1, 0.15) is 19.3 Å². The number of rotatable bonds is 79. The number of unbranched alkanes of at least 4 members (excludes halogenated alkanes) is 50. The minimum atomic E-state index is -4.96. The molecule has 0 aromatic heterocycles. The first-order chi connectivity index (χ1) is 48.2. The summed E-state index contributed by atoms with van der Waals surface area (Å²) in [7, 11) is -9.92. The van der Waals surface area contributed by atoms with Crippen molar-refractivity contribution < 1.29 is 80.2 Å². The van der Waals surface area contributed by atoms with E-state index in [0.717, 1.165) is 109 Å². The number of aliphatic hydroxyl groups is 1. The van der Waals surface area contributed by atoms with E-state index >= 15 is 0 Å². The number of carbonyl (C=O) groups excluding carboxylic acids is 4. The number of esters is 4. The number of phosphoric ester groups is 2. The fraction of sp³-hybridized carbons (Fsp3) is 0.900. The van der Waals surface area contributed by atoms with Crippen LogP contribution in [-0.2, 0) is 65.4 Å². The van der Waals surface area contributed by atoms with Gasteiger partial charge in [0.2, 0.25) is 0 Å². The summed E-state index contributed by atoms with van der Waals surface area (Å²) in [6.45, 7) is 4.85. The highest BCUT2D eigenvalue weighted by Gasteiger charge is 2.30. The number of aliphatic hydroxyl groups excluding tert-OH is 1. The Bertz CT molecular complexity index is 1970. The van der Waals surface area contributed by atoms with E-state index in [4.69, 9.17) is 37.0 Å². The van der Waals surface area contributed by atoms with Crippen molar-refractivity contribution in [2.24, 2.45) is 0 Å². The molecule has 0 bridgehead atoms. The van der Waals surface area contributed by atoms with Crippen molar-refractivity contribution in [2.45, 2.75) is 425 Å². The third-order valence-corrected chi connectivity index (χ3v) is 20.1. The van der Waals surface area contributed by atoms with Crippen molar-refractivity contribution in [3.63, 3.8) is 0 Å². The maximum Gasteiger partial charge on any atom is 0.472 e. The van der Waals surface area contributed by atoms with Gasteiger partial charge < -0.3 is 33.8 Å². The van der Waals surface area contributed by atoms with E-state index in [1.54, 1.807) is 0 Å². The van der Waals surface area contributed by atoms with Crippen LogP contribution in [0.25, 0.3) is 0 Å². The van der Waals surface area contributed by atoms with Gasteiger partial charge in [0, 0.05) is 25.7 Å². The van der Waals surface area contributed by atoms with Crippen molar-refractivity contribution in [1.82, 2.24) is 0 Å². The summed E-state index contributed by atoms with van der Waals surface area (Å²) in [6, 6.07) is 0. The summed E-state index contributed by atoms with van der Waals surface area (Å²) in [6.07, 6.45) is 69.4. The molecule has 2 unspecified atom stereocenters. The maximum atomic E-state index is 13.1. The number of allylic oxidation sites excluding steroid dienone is 4. The van der Waals surface area contributed by atoms with E-state index in [0.29, 0.717) is 25.7 Å². The Balaban J connectivity index is 5.15. The van der Waals surface area contributed by atoms with Crippen LogP contribution < -0.4 is 0 Å². The topological polar surface area (TPSA) is 237 Å². The van der Waals surface area contributed by atoms with Crippen LogP contribution in [0.5, 0.6) is 0 Å². The van der Waals surface area contributed by atoms with Crippen LogP contribution >= 0.6 is 15.6 Å². The van der Waals surface area contributed by atoms with Crippen LogP contribution in [0.4, 0.5) is 0 Å². The summed E-state index contributed by atoms with van der Waals surface area (Å²) in [5.41, 5.74) is 0. The lowest BCUT2D eigenvalue weighted by atomic mass is 10.0. The van der Waals surface area contributed by atoms with Gasteiger partial charge in [0.05, 0.1) is 26.4 Å². The minimum Gasteiger partial charge on any atom is -0.462 e. The van der Waals surface area contributed by atoms with Gasteiger partial charge in [-0.25, -0.2) is 9.13 Å². The molecule has 5 atom stereocenters. The number of ether oxygens (including phenoxy) is 4. The zero-order valence-electron chi connectivity index (χ0n) is 64.0. The molecule has 3 N–H and O–H groups in total. The molecule has 0 aliphatic carbocycles. The van der Waals surface area contributed by atoms with Crippen LogP contribution in [0.2, 0.25) is 0 Å². The summed E-state index contributed by atoms with van der Waals surface area (Å²) in [4.78, 5) is 72.6. The van der Waals surface area contributed by atoms with Gasteiger partial charge in [-0.15, -0.1) is 0 Å². The molecule has 0 fully saturated rings. The molecule has 0 heterocycles. The van der Waals surface area contributed by atoms with E-state index < -0.39 is 97.5 Å². The van der Waals surface area contributed by atoms with Gasteiger partial charge in [0.15, 0.2) is 12.2 Å². The molecule has 99 heavy (non-hydrogen) atoms. The highest BCUT2D eigenvalue weighted by Crippen LogP contribution is 2.45. The number of hydrogen-bond acceptors (Lipinski definition) is 15. The largest absolute Gasteiger partial charge is 0.472 e. The van der Waals surface area contributed by atoms with Crippen molar-refractivity contribution in [2.75, 3.05) is 39.6 Å². The van der Waals surface area contributed by atoms with Crippen molar-refractivity contribution >= 4 is 39.5 Å². The molecule has 584 valence electrons. The number of phosphoric acid groups is 2. The zero-order valence-corrected chi connectivity index (χ0v) is 65.7. The van der Waals surface area contributed by atoms with Crippen LogP contribution in [0, 0.1) is 0 Å². The molecule has 17 nitrogen and oxygen atoms in total. The lowest BCUT2D eigenvalue weighted by Gasteiger charge is -2.21. The van der Waals surface area contributed by atoms with Gasteiger partial charge in [0.25, 0.3) is 0 Å². The maximum absolute atomic E-state index is 13.1. The fourth-order valence-electron chi connectivity index (χ4n) is 11.9. The second-order valence-electron chi connectivity index (χ2n) is 28.1. The average molecular weight is 1450 g/mol. The molecule has 0 saturated carbocycles. The normalized spacial score (nSPS) is 14.0. The van der Waals surface area contributed by atoms with Crippen molar-refractivity contribution in [3.05, 3.63) is 24.3 Å². The van der Waals surface area contributed by atoms with Gasteiger partial charge in [-0.1, -0.05) is 354 Å². The standard InChI is InChI=1S/C80H152O17P2/c1-5-9-13-17-20-23-26-29-32-34-36-38-40-43-46-49-52-55-59-63-67-80(85)97-76(71-91-78(83)65-61-57-53-50-47-44-42-39-37-35-33-30-27-24-21-18-14-10-6-2)73-95-99(88,89)93-69-74(81)68-92-98(86,87)94-72-75(70-90-77(82)64-60-56-16-12-8-4)96-79(84)66-62-58-54-51-48-45-41-31-28-25-22-19-15-11-7-3/h25,28,31,41,74-76,81H,5-24,26-27,29-30,32-40,42-73H2,1-4H3,(H,86,87)(H,88,89)/b28-25-,41-31-/t74-,75+,76+/m0/s1. The van der Waals surface area contributed by atoms with E-state index in [-0.39, 0.29) is 25.7 Å². The third-order valence-electron chi connectivity index (χ3n) is 18.2. The van der Waals surface area contributed by atoms with Crippen LogP contribution in [0.15, 0.2) is 24.3 Å². The Morgan fingerprint density at radius 1 is 0.283 bits per heavy atom.